The van der Waals surface area contributed by atoms with Crippen molar-refractivity contribution in [3.05, 3.63) is 29.8 Å². The van der Waals surface area contributed by atoms with Gasteiger partial charge in [-0.25, -0.2) is 0 Å². The van der Waals surface area contributed by atoms with Crippen molar-refractivity contribution in [2.75, 3.05) is 13.7 Å². The Morgan fingerprint density at radius 2 is 1.94 bits per heavy atom. The lowest BCUT2D eigenvalue weighted by Crippen LogP contribution is -2.21. The number of ether oxygens (including phenoxy) is 2. The van der Waals surface area contributed by atoms with Crippen LogP contribution in [0.5, 0.6) is 5.75 Å². The summed E-state index contributed by atoms with van der Waals surface area (Å²) in [5, 5.41) is 10.0. The van der Waals surface area contributed by atoms with E-state index in [-0.39, 0.29) is 0 Å². The summed E-state index contributed by atoms with van der Waals surface area (Å²) in [6.45, 7) is 3.70. The molecule has 2 atom stereocenters. The van der Waals surface area contributed by atoms with Crippen molar-refractivity contribution in [1.29, 1.82) is 0 Å². The number of aliphatic hydroxyl groups excluding tert-OH is 1. The van der Waals surface area contributed by atoms with Crippen LogP contribution in [0.2, 0.25) is 0 Å². The Balaban J connectivity index is 2.73. The van der Waals surface area contributed by atoms with Crippen LogP contribution in [0.25, 0.3) is 0 Å². The molecule has 0 fully saturated rings. The van der Waals surface area contributed by atoms with Gasteiger partial charge in [0.1, 0.15) is 5.75 Å². The van der Waals surface area contributed by atoms with Crippen molar-refractivity contribution in [2.24, 2.45) is 5.92 Å². The lowest BCUT2D eigenvalue weighted by atomic mass is 9.97. The summed E-state index contributed by atoms with van der Waals surface area (Å²) < 4.78 is 9.89. The van der Waals surface area contributed by atoms with E-state index >= 15 is 0 Å². The first kappa shape index (κ1) is 13.5. The Labute approximate surface area is 101 Å². The Morgan fingerprint density at radius 3 is 2.41 bits per heavy atom. The van der Waals surface area contributed by atoms with Crippen LogP contribution in [0.1, 0.15) is 25.5 Å². The Bertz CT molecular complexity index is 358. The largest absolute Gasteiger partial charge is 0.497 e. The normalized spacial score (nSPS) is 13.9. The molecule has 0 aliphatic carbocycles. The van der Waals surface area contributed by atoms with E-state index in [1.807, 2.05) is 0 Å². The number of methoxy groups -OCH3 is 1. The molecule has 4 nitrogen and oxygen atoms in total. The van der Waals surface area contributed by atoms with Crippen molar-refractivity contribution in [2.45, 2.75) is 20.0 Å². The third-order valence-electron chi connectivity index (χ3n) is 2.59. The highest BCUT2D eigenvalue weighted by atomic mass is 16.5. The average molecular weight is 238 g/mol. The maximum absolute atomic E-state index is 11.5. The van der Waals surface area contributed by atoms with Crippen LogP contribution in [0, 0.1) is 5.92 Å². The monoisotopic (exact) mass is 238 g/mol. The minimum Gasteiger partial charge on any atom is -0.497 e. The fraction of sp³-hybridized carbons (Fsp3) is 0.462. The van der Waals surface area contributed by atoms with E-state index in [0.717, 1.165) is 0 Å². The topological polar surface area (TPSA) is 55.8 Å². The summed E-state index contributed by atoms with van der Waals surface area (Å²) in [5.74, 6) is -0.260. The SMILES string of the molecule is CCOC(=O)[C@H](C)[C@H](O)c1ccc(OC)cc1. The van der Waals surface area contributed by atoms with Crippen LogP contribution in [0.15, 0.2) is 24.3 Å². The van der Waals surface area contributed by atoms with E-state index in [9.17, 15) is 9.90 Å². The maximum Gasteiger partial charge on any atom is 0.311 e. The van der Waals surface area contributed by atoms with Gasteiger partial charge in [0, 0.05) is 0 Å². The van der Waals surface area contributed by atoms with Crippen molar-refractivity contribution in [3.63, 3.8) is 0 Å². The second-order valence-electron chi connectivity index (χ2n) is 3.76. The average Bonchev–Trinajstić information content (AvgIpc) is 2.37. The van der Waals surface area contributed by atoms with Gasteiger partial charge in [-0.3, -0.25) is 4.79 Å². The Kier molecular flexibility index (Phi) is 4.97. The van der Waals surface area contributed by atoms with Crippen molar-refractivity contribution >= 4 is 5.97 Å². The van der Waals surface area contributed by atoms with E-state index in [4.69, 9.17) is 9.47 Å². The van der Waals surface area contributed by atoms with Gasteiger partial charge < -0.3 is 14.6 Å². The zero-order chi connectivity index (χ0) is 12.8. The lowest BCUT2D eigenvalue weighted by molar-refractivity contribution is -0.151. The van der Waals surface area contributed by atoms with Gasteiger partial charge in [0.25, 0.3) is 0 Å². The summed E-state index contributed by atoms with van der Waals surface area (Å²) in [6.07, 6.45) is -0.861. The first-order chi connectivity index (χ1) is 8.10. The molecule has 0 unspecified atom stereocenters. The molecule has 1 rings (SSSR count). The van der Waals surface area contributed by atoms with Crippen molar-refractivity contribution < 1.29 is 19.4 Å². The summed E-state index contributed by atoms with van der Waals surface area (Å²) in [6, 6.07) is 6.96. The van der Waals surface area contributed by atoms with E-state index in [2.05, 4.69) is 0 Å². The predicted molar refractivity (Wildman–Crippen MR) is 63.8 cm³/mol. The maximum atomic E-state index is 11.5. The van der Waals surface area contributed by atoms with Crippen LogP contribution in [-0.2, 0) is 9.53 Å². The molecule has 1 N–H and O–H groups in total. The molecule has 0 radical (unpaired) electrons. The van der Waals surface area contributed by atoms with E-state index in [1.54, 1.807) is 45.2 Å². The van der Waals surface area contributed by atoms with Gasteiger partial charge >= 0.3 is 5.97 Å². The molecule has 94 valence electrons. The molecule has 0 aliphatic rings. The minimum atomic E-state index is -0.861. The van der Waals surface area contributed by atoms with Gasteiger partial charge in [-0.1, -0.05) is 12.1 Å². The zero-order valence-electron chi connectivity index (χ0n) is 10.3. The quantitative estimate of drug-likeness (QED) is 0.796. The molecular formula is C13H18O4. The van der Waals surface area contributed by atoms with Gasteiger partial charge in [-0.2, -0.15) is 0 Å². The fourth-order valence-electron chi connectivity index (χ4n) is 1.49. The van der Waals surface area contributed by atoms with Gasteiger partial charge in [-0.05, 0) is 31.5 Å². The zero-order valence-corrected chi connectivity index (χ0v) is 10.3. The number of benzene rings is 1. The van der Waals surface area contributed by atoms with Crippen LogP contribution in [0.4, 0.5) is 0 Å². The highest BCUT2D eigenvalue weighted by Crippen LogP contribution is 2.24. The third kappa shape index (κ3) is 3.46. The molecule has 0 aliphatic heterocycles. The van der Waals surface area contributed by atoms with Crippen LogP contribution >= 0.6 is 0 Å². The first-order valence-corrected chi connectivity index (χ1v) is 5.58. The van der Waals surface area contributed by atoms with Crippen molar-refractivity contribution in [1.82, 2.24) is 0 Å². The highest BCUT2D eigenvalue weighted by Gasteiger charge is 2.24. The van der Waals surface area contributed by atoms with Crippen LogP contribution in [-0.4, -0.2) is 24.8 Å². The van der Waals surface area contributed by atoms with E-state index in [0.29, 0.717) is 17.9 Å². The number of esters is 1. The molecule has 0 heterocycles. The number of carbonyl (C=O) groups excluding carboxylic acids is 1. The molecule has 1 aromatic carbocycles. The standard InChI is InChI=1S/C13H18O4/c1-4-17-13(15)9(2)12(14)10-5-7-11(16-3)8-6-10/h5-9,12,14H,4H2,1-3H3/t9-,12+/m1/s1. The molecule has 0 aromatic heterocycles. The van der Waals surface area contributed by atoms with Crippen LogP contribution in [0.3, 0.4) is 0 Å². The second-order valence-corrected chi connectivity index (χ2v) is 3.76. The fourth-order valence-corrected chi connectivity index (χ4v) is 1.49. The highest BCUT2D eigenvalue weighted by molar-refractivity contribution is 5.73. The summed E-state index contributed by atoms with van der Waals surface area (Å²) in [4.78, 5) is 11.5. The number of hydrogen-bond acceptors (Lipinski definition) is 4. The van der Waals surface area contributed by atoms with Crippen LogP contribution < -0.4 is 4.74 Å². The molecule has 17 heavy (non-hydrogen) atoms. The number of carbonyl (C=O) groups is 1. The molecule has 0 saturated heterocycles. The van der Waals surface area contributed by atoms with Gasteiger partial charge in [-0.15, -0.1) is 0 Å². The molecule has 4 heteroatoms. The second kappa shape index (κ2) is 6.25. The predicted octanol–water partition coefficient (Wildman–Crippen LogP) is 1.93. The molecular weight excluding hydrogens is 220 g/mol. The number of rotatable bonds is 5. The number of hydrogen-bond donors (Lipinski definition) is 1. The molecule has 0 bridgehead atoms. The molecule has 0 saturated carbocycles. The number of aliphatic hydroxyl groups is 1. The smallest absolute Gasteiger partial charge is 0.311 e. The van der Waals surface area contributed by atoms with Crippen molar-refractivity contribution in [3.8, 4) is 5.75 Å². The Hall–Kier alpha value is -1.55. The van der Waals surface area contributed by atoms with Gasteiger partial charge in [0.05, 0.1) is 25.7 Å². The van der Waals surface area contributed by atoms with E-state index < -0.39 is 18.0 Å². The molecule has 0 spiro atoms. The lowest BCUT2D eigenvalue weighted by Gasteiger charge is -2.17. The first-order valence-electron chi connectivity index (χ1n) is 5.58. The minimum absolute atomic E-state index is 0.318. The third-order valence-corrected chi connectivity index (χ3v) is 2.59. The Morgan fingerprint density at radius 1 is 1.35 bits per heavy atom. The molecule has 1 aromatic rings. The summed E-state index contributed by atoms with van der Waals surface area (Å²) in [5.41, 5.74) is 0.673. The summed E-state index contributed by atoms with van der Waals surface area (Å²) >= 11 is 0. The summed E-state index contributed by atoms with van der Waals surface area (Å²) in [7, 11) is 1.58. The van der Waals surface area contributed by atoms with E-state index in [1.165, 1.54) is 0 Å². The molecule has 0 amide bonds. The van der Waals surface area contributed by atoms with Gasteiger partial charge in [0.2, 0.25) is 0 Å². The van der Waals surface area contributed by atoms with Gasteiger partial charge in [0.15, 0.2) is 0 Å².